The fraction of sp³-hybridized carbons (Fsp3) is 0.409. The second kappa shape index (κ2) is 7.40. The molecule has 2 aromatic rings. The third-order valence-corrected chi connectivity index (χ3v) is 4.54. The molecule has 26 heavy (non-hydrogen) atoms. The van der Waals surface area contributed by atoms with Gasteiger partial charge in [0.05, 0.1) is 11.4 Å². The Bertz CT molecular complexity index is 779. The number of hydrogen-bond donors (Lipinski definition) is 1. The van der Waals surface area contributed by atoms with Crippen molar-refractivity contribution in [3.63, 3.8) is 0 Å². The number of fused-ring (bicyclic) bond motifs is 1. The Hall–Kier alpha value is -2.49. The van der Waals surface area contributed by atoms with Gasteiger partial charge in [0.1, 0.15) is 6.61 Å². The molecule has 0 atom stereocenters. The molecule has 2 N–H and O–H groups in total. The standard InChI is InChI=1S/C22H28N2O2/c1-22(2,3)14-17-12-18-10-7-11-24(20(18)19(23)13-17)21(25)26-15-16-8-5-4-6-9-16/h4-6,8-9,12-13H,7,10-11,14-15,23H2,1-3H3. The van der Waals surface area contributed by atoms with Gasteiger partial charge in [0, 0.05) is 6.54 Å². The summed E-state index contributed by atoms with van der Waals surface area (Å²) in [5.74, 6) is 0. The number of nitrogens with two attached hydrogens (primary N) is 1. The molecule has 0 radical (unpaired) electrons. The van der Waals surface area contributed by atoms with E-state index in [1.807, 2.05) is 36.4 Å². The first-order valence-corrected chi connectivity index (χ1v) is 9.23. The van der Waals surface area contributed by atoms with Crippen molar-refractivity contribution in [3.8, 4) is 0 Å². The maximum absolute atomic E-state index is 12.6. The van der Waals surface area contributed by atoms with Crippen molar-refractivity contribution >= 4 is 17.5 Å². The number of anilines is 2. The molecule has 0 saturated heterocycles. The van der Waals surface area contributed by atoms with Crippen LogP contribution in [0.4, 0.5) is 16.2 Å². The van der Waals surface area contributed by atoms with Gasteiger partial charge in [-0.3, -0.25) is 4.90 Å². The van der Waals surface area contributed by atoms with Crippen molar-refractivity contribution in [2.24, 2.45) is 5.41 Å². The van der Waals surface area contributed by atoms with Crippen molar-refractivity contribution in [3.05, 3.63) is 59.2 Å². The minimum absolute atomic E-state index is 0.198. The van der Waals surface area contributed by atoms with E-state index < -0.39 is 0 Å². The lowest BCUT2D eigenvalue weighted by atomic mass is 9.86. The predicted molar refractivity (Wildman–Crippen MR) is 106 cm³/mol. The van der Waals surface area contributed by atoms with Gasteiger partial charge in [0.2, 0.25) is 0 Å². The minimum Gasteiger partial charge on any atom is -0.444 e. The van der Waals surface area contributed by atoms with E-state index in [4.69, 9.17) is 10.5 Å². The zero-order valence-electron chi connectivity index (χ0n) is 15.9. The molecular formula is C22H28N2O2. The van der Waals surface area contributed by atoms with E-state index >= 15 is 0 Å². The molecule has 0 aliphatic carbocycles. The first-order valence-electron chi connectivity index (χ1n) is 9.23. The Morgan fingerprint density at radius 2 is 1.88 bits per heavy atom. The number of hydrogen-bond acceptors (Lipinski definition) is 3. The Morgan fingerprint density at radius 1 is 1.15 bits per heavy atom. The van der Waals surface area contributed by atoms with Crippen LogP contribution < -0.4 is 10.6 Å². The third-order valence-electron chi connectivity index (χ3n) is 4.54. The van der Waals surface area contributed by atoms with E-state index in [2.05, 4.69) is 26.8 Å². The number of aryl methyl sites for hydroxylation is 1. The number of amides is 1. The largest absolute Gasteiger partial charge is 0.444 e. The van der Waals surface area contributed by atoms with Crippen molar-refractivity contribution in [2.75, 3.05) is 17.2 Å². The highest BCUT2D eigenvalue weighted by atomic mass is 16.6. The lowest BCUT2D eigenvalue weighted by Gasteiger charge is -2.31. The molecule has 1 heterocycles. The summed E-state index contributed by atoms with van der Waals surface area (Å²) < 4.78 is 5.52. The Kier molecular flexibility index (Phi) is 5.21. The number of ether oxygens (including phenoxy) is 1. The summed E-state index contributed by atoms with van der Waals surface area (Å²) >= 11 is 0. The van der Waals surface area contributed by atoms with Gasteiger partial charge >= 0.3 is 6.09 Å². The summed E-state index contributed by atoms with van der Waals surface area (Å²) in [4.78, 5) is 14.3. The minimum atomic E-state index is -0.329. The van der Waals surface area contributed by atoms with Crippen molar-refractivity contribution < 1.29 is 9.53 Å². The highest BCUT2D eigenvalue weighted by Gasteiger charge is 2.27. The zero-order chi connectivity index (χ0) is 18.7. The van der Waals surface area contributed by atoms with Crippen LogP contribution in [-0.2, 0) is 24.2 Å². The number of nitrogens with zero attached hydrogens (tertiary/aromatic N) is 1. The molecule has 138 valence electrons. The highest BCUT2D eigenvalue weighted by molar-refractivity contribution is 5.93. The molecule has 1 aliphatic rings. The number of rotatable bonds is 3. The summed E-state index contributed by atoms with van der Waals surface area (Å²) in [6.45, 7) is 7.57. The quantitative estimate of drug-likeness (QED) is 0.796. The monoisotopic (exact) mass is 352 g/mol. The molecule has 1 amide bonds. The predicted octanol–water partition coefficient (Wildman–Crippen LogP) is 4.95. The van der Waals surface area contributed by atoms with Gasteiger partial charge in [-0.25, -0.2) is 4.79 Å². The van der Waals surface area contributed by atoms with Crippen LogP contribution in [0.5, 0.6) is 0 Å². The van der Waals surface area contributed by atoms with Crippen molar-refractivity contribution in [1.29, 1.82) is 0 Å². The molecule has 0 bridgehead atoms. The number of nitrogen functional groups attached to an aromatic ring is 1. The maximum Gasteiger partial charge on any atom is 0.414 e. The van der Waals surface area contributed by atoms with Gasteiger partial charge in [-0.15, -0.1) is 0 Å². The van der Waals surface area contributed by atoms with E-state index in [1.165, 1.54) is 5.56 Å². The highest BCUT2D eigenvalue weighted by Crippen LogP contribution is 2.36. The van der Waals surface area contributed by atoms with Gasteiger partial charge in [-0.1, -0.05) is 57.2 Å². The average molecular weight is 352 g/mol. The van der Waals surface area contributed by atoms with Gasteiger partial charge in [-0.2, -0.15) is 0 Å². The summed E-state index contributed by atoms with van der Waals surface area (Å²) in [5.41, 5.74) is 11.4. The zero-order valence-corrected chi connectivity index (χ0v) is 15.9. The van der Waals surface area contributed by atoms with Crippen LogP contribution in [0.2, 0.25) is 0 Å². The molecule has 0 saturated carbocycles. The second-order valence-electron chi connectivity index (χ2n) is 8.23. The third kappa shape index (κ3) is 4.37. The van der Waals surface area contributed by atoms with Crippen LogP contribution in [0.1, 0.15) is 43.9 Å². The van der Waals surface area contributed by atoms with Crippen LogP contribution in [0.3, 0.4) is 0 Å². The lowest BCUT2D eigenvalue weighted by molar-refractivity contribution is 0.146. The topological polar surface area (TPSA) is 55.6 Å². The van der Waals surface area contributed by atoms with E-state index in [0.29, 0.717) is 12.2 Å². The van der Waals surface area contributed by atoms with Crippen LogP contribution in [0, 0.1) is 5.41 Å². The maximum atomic E-state index is 12.6. The Balaban J connectivity index is 1.78. The molecule has 0 fully saturated rings. The van der Waals surface area contributed by atoms with Crippen molar-refractivity contribution in [2.45, 2.75) is 46.6 Å². The van der Waals surface area contributed by atoms with Crippen LogP contribution in [0.15, 0.2) is 42.5 Å². The van der Waals surface area contributed by atoms with E-state index in [9.17, 15) is 4.79 Å². The SMILES string of the molecule is CC(C)(C)Cc1cc(N)c2c(c1)CCCN2C(=O)OCc1ccccc1. The normalized spacial score (nSPS) is 14.0. The molecule has 3 rings (SSSR count). The summed E-state index contributed by atoms with van der Waals surface area (Å²) in [6, 6.07) is 13.9. The molecule has 0 unspecified atom stereocenters. The number of carbonyl (C=O) groups excluding carboxylic acids is 1. The lowest BCUT2D eigenvalue weighted by Crippen LogP contribution is -2.36. The smallest absolute Gasteiger partial charge is 0.414 e. The molecule has 0 aromatic heterocycles. The number of carbonyl (C=O) groups is 1. The van der Waals surface area contributed by atoms with Gasteiger partial charge < -0.3 is 10.5 Å². The van der Waals surface area contributed by atoms with E-state index in [0.717, 1.165) is 36.1 Å². The first kappa shape index (κ1) is 18.3. The van der Waals surface area contributed by atoms with Gasteiger partial charge in [0.25, 0.3) is 0 Å². The van der Waals surface area contributed by atoms with Crippen LogP contribution in [-0.4, -0.2) is 12.6 Å². The number of benzene rings is 2. The Labute approximate surface area is 156 Å². The van der Waals surface area contributed by atoms with Crippen molar-refractivity contribution in [1.82, 2.24) is 0 Å². The molecule has 0 spiro atoms. The fourth-order valence-corrected chi connectivity index (χ4v) is 3.54. The average Bonchev–Trinajstić information content (AvgIpc) is 2.58. The molecule has 1 aliphatic heterocycles. The second-order valence-corrected chi connectivity index (χ2v) is 8.23. The summed E-state index contributed by atoms with van der Waals surface area (Å²) in [7, 11) is 0. The molecule has 2 aromatic carbocycles. The van der Waals surface area contributed by atoms with Crippen LogP contribution in [0.25, 0.3) is 0 Å². The van der Waals surface area contributed by atoms with Gasteiger partial charge in [0.15, 0.2) is 0 Å². The van der Waals surface area contributed by atoms with Crippen LogP contribution >= 0.6 is 0 Å². The van der Waals surface area contributed by atoms with Gasteiger partial charge in [-0.05, 0) is 47.4 Å². The molecule has 4 heteroatoms. The summed E-state index contributed by atoms with van der Waals surface area (Å²) in [5, 5.41) is 0. The molecular weight excluding hydrogens is 324 g/mol. The molecule has 4 nitrogen and oxygen atoms in total. The Morgan fingerprint density at radius 3 is 2.58 bits per heavy atom. The van der Waals surface area contributed by atoms with E-state index in [-0.39, 0.29) is 18.1 Å². The fourth-order valence-electron chi connectivity index (χ4n) is 3.54. The first-order chi connectivity index (χ1) is 12.3. The summed E-state index contributed by atoms with van der Waals surface area (Å²) in [6.07, 6.45) is 2.50. The van der Waals surface area contributed by atoms with E-state index in [1.54, 1.807) is 4.90 Å².